The number of hydrogen-bond acceptors (Lipinski definition) is 3. The van der Waals surface area contributed by atoms with E-state index in [4.69, 9.17) is 4.42 Å². The molecule has 82 valence electrons. The summed E-state index contributed by atoms with van der Waals surface area (Å²) in [5.74, 6) is 1.18. The maximum absolute atomic E-state index is 11.4. The first-order valence-corrected chi connectivity index (χ1v) is 4.82. The largest absolute Gasteiger partial charge is 0.465 e. The molecule has 1 amide bonds. The van der Waals surface area contributed by atoms with E-state index in [1.807, 2.05) is 0 Å². The van der Waals surface area contributed by atoms with Gasteiger partial charge >= 0.3 is 0 Å². The topological polar surface area (TPSA) is 70.9 Å². The fourth-order valence-corrected chi connectivity index (χ4v) is 1.17. The number of carbonyl (C=O) groups excluding carboxylic acids is 1. The van der Waals surface area contributed by atoms with Gasteiger partial charge in [0.2, 0.25) is 5.91 Å². The lowest BCUT2D eigenvalue weighted by molar-refractivity contribution is -0.116. The van der Waals surface area contributed by atoms with E-state index in [-0.39, 0.29) is 5.91 Å². The van der Waals surface area contributed by atoms with Crippen LogP contribution in [0.2, 0.25) is 0 Å². The highest BCUT2D eigenvalue weighted by Crippen LogP contribution is 2.01. The van der Waals surface area contributed by atoms with Crippen LogP contribution in [0.15, 0.2) is 41.3 Å². The highest BCUT2D eigenvalue weighted by molar-refractivity contribution is 5.91. The Morgan fingerprint density at radius 2 is 2.56 bits per heavy atom. The summed E-state index contributed by atoms with van der Waals surface area (Å²) in [6.07, 6.45) is 7.93. The van der Waals surface area contributed by atoms with Crippen molar-refractivity contribution in [2.45, 2.75) is 6.54 Å². The molecule has 0 aliphatic heterocycles. The minimum atomic E-state index is -0.187. The standard InChI is InChI=1S/C11H11N3O2/c15-11(4-3-9-2-1-7-16-9)14-8-10-12-5-6-13-10/h1-7H,8H2,(H,12,13)(H,14,15). The predicted molar refractivity (Wildman–Crippen MR) is 58.2 cm³/mol. The van der Waals surface area contributed by atoms with Crippen molar-refractivity contribution in [1.82, 2.24) is 15.3 Å². The molecule has 16 heavy (non-hydrogen) atoms. The Morgan fingerprint density at radius 3 is 3.25 bits per heavy atom. The van der Waals surface area contributed by atoms with Gasteiger partial charge < -0.3 is 14.7 Å². The Morgan fingerprint density at radius 1 is 1.62 bits per heavy atom. The molecular weight excluding hydrogens is 206 g/mol. The van der Waals surface area contributed by atoms with Crippen LogP contribution in [0.3, 0.4) is 0 Å². The molecule has 2 heterocycles. The lowest BCUT2D eigenvalue weighted by Gasteiger charge is -1.97. The number of H-pyrrole nitrogens is 1. The van der Waals surface area contributed by atoms with Crippen molar-refractivity contribution >= 4 is 12.0 Å². The summed E-state index contributed by atoms with van der Waals surface area (Å²) >= 11 is 0. The summed E-state index contributed by atoms with van der Waals surface area (Å²) in [6, 6.07) is 3.54. The third kappa shape index (κ3) is 2.84. The number of aromatic amines is 1. The fraction of sp³-hybridized carbons (Fsp3) is 0.0909. The van der Waals surface area contributed by atoms with Crippen molar-refractivity contribution in [3.8, 4) is 0 Å². The molecule has 0 aliphatic rings. The highest BCUT2D eigenvalue weighted by Gasteiger charge is 1.98. The zero-order valence-electron chi connectivity index (χ0n) is 8.51. The predicted octanol–water partition coefficient (Wildman–Crippen LogP) is 1.33. The molecule has 2 aromatic rings. The van der Waals surface area contributed by atoms with Crippen molar-refractivity contribution in [3.63, 3.8) is 0 Å². The molecule has 0 saturated carbocycles. The molecule has 0 radical (unpaired) electrons. The zero-order valence-corrected chi connectivity index (χ0v) is 8.51. The van der Waals surface area contributed by atoms with Crippen LogP contribution < -0.4 is 5.32 Å². The Balaban J connectivity index is 1.81. The Labute approximate surface area is 92.2 Å². The molecule has 0 spiro atoms. The summed E-state index contributed by atoms with van der Waals surface area (Å²) in [5.41, 5.74) is 0. The number of furan rings is 1. The smallest absolute Gasteiger partial charge is 0.244 e. The molecule has 2 rings (SSSR count). The third-order valence-corrected chi connectivity index (χ3v) is 1.93. The average molecular weight is 217 g/mol. The number of nitrogens with zero attached hydrogens (tertiary/aromatic N) is 1. The van der Waals surface area contributed by atoms with E-state index >= 15 is 0 Å². The third-order valence-electron chi connectivity index (χ3n) is 1.93. The second-order valence-corrected chi connectivity index (χ2v) is 3.10. The zero-order chi connectivity index (χ0) is 11.2. The second kappa shape index (κ2) is 4.97. The number of imidazole rings is 1. The molecule has 0 fully saturated rings. The first kappa shape index (κ1) is 10.2. The quantitative estimate of drug-likeness (QED) is 0.759. The minimum Gasteiger partial charge on any atom is -0.465 e. The van der Waals surface area contributed by atoms with Gasteiger partial charge in [-0.15, -0.1) is 0 Å². The Kier molecular flexibility index (Phi) is 3.18. The van der Waals surface area contributed by atoms with E-state index in [2.05, 4.69) is 15.3 Å². The number of carbonyl (C=O) groups is 1. The fourth-order valence-electron chi connectivity index (χ4n) is 1.17. The molecule has 2 aromatic heterocycles. The van der Waals surface area contributed by atoms with Gasteiger partial charge in [-0.25, -0.2) is 4.98 Å². The molecule has 5 nitrogen and oxygen atoms in total. The average Bonchev–Trinajstić information content (AvgIpc) is 2.96. The molecule has 0 atom stereocenters. The molecule has 0 unspecified atom stereocenters. The summed E-state index contributed by atoms with van der Waals surface area (Å²) < 4.78 is 5.05. The van der Waals surface area contributed by atoms with Gasteiger partial charge in [0.1, 0.15) is 11.6 Å². The Hall–Kier alpha value is -2.30. The van der Waals surface area contributed by atoms with Crippen LogP contribution in [0, 0.1) is 0 Å². The van der Waals surface area contributed by atoms with Crippen LogP contribution in [0.5, 0.6) is 0 Å². The van der Waals surface area contributed by atoms with Gasteiger partial charge in [0, 0.05) is 18.5 Å². The number of aromatic nitrogens is 2. The van der Waals surface area contributed by atoms with Crippen LogP contribution in [0.25, 0.3) is 6.08 Å². The molecule has 0 bridgehead atoms. The molecule has 0 aliphatic carbocycles. The van der Waals surface area contributed by atoms with E-state index in [9.17, 15) is 4.79 Å². The van der Waals surface area contributed by atoms with Gasteiger partial charge in [-0.1, -0.05) is 0 Å². The lowest BCUT2D eigenvalue weighted by Crippen LogP contribution is -2.20. The van der Waals surface area contributed by atoms with Crippen molar-refractivity contribution < 1.29 is 9.21 Å². The van der Waals surface area contributed by atoms with Crippen molar-refractivity contribution in [2.75, 3.05) is 0 Å². The normalized spacial score (nSPS) is 10.8. The van der Waals surface area contributed by atoms with E-state index in [0.29, 0.717) is 12.3 Å². The molecule has 0 aromatic carbocycles. The SMILES string of the molecule is O=C(C=Cc1ccco1)NCc1ncc[nH]1. The first-order chi connectivity index (χ1) is 7.84. The number of nitrogens with one attached hydrogen (secondary N) is 2. The van der Waals surface area contributed by atoms with E-state index in [1.165, 1.54) is 6.08 Å². The maximum Gasteiger partial charge on any atom is 0.244 e. The van der Waals surface area contributed by atoms with Gasteiger partial charge in [0.25, 0.3) is 0 Å². The molecule has 2 N–H and O–H groups in total. The second-order valence-electron chi connectivity index (χ2n) is 3.10. The Bertz CT molecular complexity index is 457. The van der Waals surface area contributed by atoms with E-state index in [0.717, 1.165) is 5.82 Å². The van der Waals surface area contributed by atoms with Gasteiger partial charge in [-0.05, 0) is 18.2 Å². The van der Waals surface area contributed by atoms with Crippen molar-refractivity contribution in [2.24, 2.45) is 0 Å². The molecule has 0 saturated heterocycles. The number of rotatable bonds is 4. The highest BCUT2D eigenvalue weighted by atomic mass is 16.3. The van der Waals surface area contributed by atoms with Crippen LogP contribution in [0.4, 0.5) is 0 Å². The van der Waals surface area contributed by atoms with Crippen LogP contribution in [-0.4, -0.2) is 15.9 Å². The number of hydrogen-bond donors (Lipinski definition) is 2. The maximum atomic E-state index is 11.4. The van der Waals surface area contributed by atoms with Gasteiger partial charge in [0.15, 0.2) is 0 Å². The van der Waals surface area contributed by atoms with Gasteiger partial charge in [-0.2, -0.15) is 0 Å². The molecular formula is C11H11N3O2. The monoisotopic (exact) mass is 217 g/mol. The summed E-state index contributed by atoms with van der Waals surface area (Å²) in [7, 11) is 0. The number of amides is 1. The van der Waals surface area contributed by atoms with Crippen LogP contribution in [-0.2, 0) is 11.3 Å². The van der Waals surface area contributed by atoms with Crippen molar-refractivity contribution in [3.05, 3.63) is 48.5 Å². The van der Waals surface area contributed by atoms with E-state index in [1.54, 1.807) is 36.9 Å². The van der Waals surface area contributed by atoms with Gasteiger partial charge in [0.05, 0.1) is 12.8 Å². The summed E-state index contributed by atoms with van der Waals surface area (Å²) in [6.45, 7) is 0.383. The lowest BCUT2D eigenvalue weighted by atomic mass is 10.4. The molecule has 5 heteroatoms. The van der Waals surface area contributed by atoms with Gasteiger partial charge in [-0.3, -0.25) is 4.79 Å². The summed E-state index contributed by atoms with van der Waals surface area (Å²) in [5, 5.41) is 2.69. The van der Waals surface area contributed by atoms with E-state index < -0.39 is 0 Å². The first-order valence-electron chi connectivity index (χ1n) is 4.82. The van der Waals surface area contributed by atoms with Crippen molar-refractivity contribution in [1.29, 1.82) is 0 Å². The summed E-state index contributed by atoms with van der Waals surface area (Å²) in [4.78, 5) is 18.2. The van der Waals surface area contributed by atoms with Crippen LogP contribution >= 0.6 is 0 Å². The minimum absolute atomic E-state index is 0.187. The van der Waals surface area contributed by atoms with Crippen LogP contribution in [0.1, 0.15) is 11.6 Å².